The van der Waals surface area contributed by atoms with Crippen LogP contribution in [0.25, 0.3) is 10.9 Å². The molecule has 3 atom stereocenters. The number of rotatable bonds is 5. The summed E-state index contributed by atoms with van der Waals surface area (Å²) in [5, 5.41) is 13.0. The van der Waals surface area contributed by atoms with Crippen LogP contribution in [0.3, 0.4) is 0 Å². The van der Waals surface area contributed by atoms with E-state index in [9.17, 15) is 14.7 Å². The van der Waals surface area contributed by atoms with Crippen molar-refractivity contribution in [3.63, 3.8) is 0 Å². The molecule has 0 aliphatic heterocycles. The van der Waals surface area contributed by atoms with Gasteiger partial charge in [-0.1, -0.05) is 22.9 Å². The van der Waals surface area contributed by atoms with Crippen molar-refractivity contribution in [1.82, 2.24) is 10.3 Å². The quantitative estimate of drug-likeness (QED) is 0.762. The zero-order chi connectivity index (χ0) is 15.9. The molecule has 1 fully saturated rings. The number of aliphatic carboxylic acids is 1. The zero-order valence-corrected chi connectivity index (χ0v) is 13.7. The van der Waals surface area contributed by atoms with Crippen LogP contribution in [-0.2, 0) is 16.0 Å². The van der Waals surface area contributed by atoms with Gasteiger partial charge in [0.25, 0.3) is 0 Å². The SMILES string of the molecule is C[C@@H]1C[C@@H]1C(=O)N[C@@H](Cc1c[nH]c2ccc(Br)cc12)C(=O)O. The van der Waals surface area contributed by atoms with Gasteiger partial charge < -0.3 is 15.4 Å². The summed E-state index contributed by atoms with van der Waals surface area (Å²) in [5.41, 5.74) is 1.83. The highest BCUT2D eigenvalue weighted by Crippen LogP contribution is 2.37. The maximum atomic E-state index is 12.0. The number of carboxylic acid groups (broad SMARTS) is 1. The number of amides is 1. The molecule has 1 heterocycles. The van der Waals surface area contributed by atoms with Crippen LogP contribution < -0.4 is 5.32 Å². The van der Waals surface area contributed by atoms with Gasteiger partial charge in [0.15, 0.2) is 0 Å². The maximum absolute atomic E-state index is 12.0. The van der Waals surface area contributed by atoms with E-state index in [1.807, 2.05) is 25.1 Å². The summed E-state index contributed by atoms with van der Waals surface area (Å²) in [6.45, 7) is 2.00. The molecule has 1 aliphatic carbocycles. The van der Waals surface area contributed by atoms with Crippen LogP contribution in [0.15, 0.2) is 28.9 Å². The number of halogens is 1. The molecule has 0 radical (unpaired) electrons. The second-order valence-electron chi connectivity index (χ2n) is 5.93. The summed E-state index contributed by atoms with van der Waals surface area (Å²) in [7, 11) is 0. The molecule has 0 spiro atoms. The van der Waals surface area contributed by atoms with Crippen molar-refractivity contribution >= 4 is 38.7 Å². The van der Waals surface area contributed by atoms with Crippen molar-refractivity contribution in [2.45, 2.75) is 25.8 Å². The number of hydrogen-bond acceptors (Lipinski definition) is 2. The first-order valence-corrected chi connectivity index (χ1v) is 8.03. The fourth-order valence-electron chi connectivity index (χ4n) is 2.71. The molecular formula is C16H17BrN2O3. The third-order valence-corrected chi connectivity index (χ3v) is 4.71. The average Bonchev–Trinajstić information content (AvgIpc) is 3.07. The number of H-pyrrole nitrogens is 1. The first-order valence-electron chi connectivity index (χ1n) is 7.24. The van der Waals surface area contributed by atoms with Gasteiger partial charge in [0, 0.05) is 33.9 Å². The summed E-state index contributed by atoms with van der Waals surface area (Å²) < 4.78 is 0.934. The first kappa shape index (κ1) is 15.1. The van der Waals surface area contributed by atoms with Gasteiger partial charge >= 0.3 is 5.97 Å². The number of fused-ring (bicyclic) bond motifs is 1. The molecule has 3 N–H and O–H groups in total. The molecule has 1 aliphatic rings. The monoisotopic (exact) mass is 364 g/mol. The minimum Gasteiger partial charge on any atom is -0.480 e. The topological polar surface area (TPSA) is 82.2 Å². The van der Waals surface area contributed by atoms with Crippen molar-refractivity contribution < 1.29 is 14.7 Å². The lowest BCUT2D eigenvalue weighted by molar-refractivity contribution is -0.142. The fourth-order valence-corrected chi connectivity index (χ4v) is 3.07. The summed E-state index contributed by atoms with van der Waals surface area (Å²) >= 11 is 3.42. The fraction of sp³-hybridized carbons (Fsp3) is 0.375. The second kappa shape index (κ2) is 5.76. The molecule has 6 heteroatoms. The Morgan fingerprint density at radius 1 is 1.50 bits per heavy atom. The van der Waals surface area contributed by atoms with Gasteiger partial charge in [-0.25, -0.2) is 4.79 Å². The highest BCUT2D eigenvalue weighted by molar-refractivity contribution is 9.10. The lowest BCUT2D eigenvalue weighted by Gasteiger charge is -2.14. The van der Waals surface area contributed by atoms with E-state index in [1.54, 1.807) is 6.20 Å². The van der Waals surface area contributed by atoms with E-state index in [0.717, 1.165) is 27.4 Å². The van der Waals surface area contributed by atoms with Crippen LogP contribution in [0, 0.1) is 11.8 Å². The standard InChI is InChI=1S/C16H17BrN2O3/c1-8-4-11(8)15(20)19-14(16(21)22)5-9-7-18-13-3-2-10(17)6-12(9)13/h2-3,6-8,11,14,18H,4-5H2,1H3,(H,19,20)(H,21,22)/t8-,11+,14+/m1/s1. The van der Waals surface area contributed by atoms with Crippen molar-refractivity contribution in [3.05, 3.63) is 34.4 Å². The van der Waals surface area contributed by atoms with Gasteiger partial charge in [0.2, 0.25) is 5.91 Å². The molecular weight excluding hydrogens is 348 g/mol. The average molecular weight is 365 g/mol. The normalized spacial score (nSPS) is 21.5. The minimum atomic E-state index is -1.01. The Balaban J connectivity index is 1.79. The van der Waals surface area contributed by atoms with Crippen LogP contribution in [0.5, 0.6) is 0 Å². The third kappa shape index (κ3) is 3.02. The van der Waals surface area contributed by atoms with Crippen LogP contribution in [0.4, 0.5) is 0 Å². The van der Waals surface area contributed by atoms with Gasteiger partial charge in [0.1, 0.15) is 6.04 Å². The number of benzene rings is 1. The van der Waals surface area contributed by atoms with E-state index < -0.39 is 12.0 Å². The predicted molar refractivity (Wildman–Crippen MR) is 86.5 cm³/mol. The van der Waals surface area contributed by atoms with E-state index in [-0.39, 0.29) is 18.2 Å². The molecule has 0 bridgehead atoms. The Morgan fingerprint density at radius 2 is 2.23 bits per heavy atom. The Morgan fingerprint density at radius 3 is 2.86 bits per heavy atom. The van der Waals surface area contributed by atoms with E-state index >= 15 is 0 Å². The molecule has 2 aromatic rings. The summed E-state index contributed by atoms with van der Waals surface area (Å²) in [6, 6.07) is 4.90. The molecule has 1 saturated carbocycles. The maximum Gasteiger partial charge on any atom is 0.326 e. The summed E-state index contributed by atoms with van der Waals surface area (Å²) in [6.07, 6.45) is 2.91. The van der Waals surface area contributed by atoms with Crippen molar-refractivity contribution in [2.24, 2.45) is 11.8 Å². The smallest absolute Gasteiger partial charge is 0.326 e. The summed E-state index contributed by atoms with van der Waals surface area (Å²) in [5.74, 6) is -0.829. The lowest BCUT2D eigenvalue weighted by atomic mass is 10.0. The Kier molecular flexibility index (Phi) is 3.95. The van der Waals surface area contributed by atoms with Crippen molar-refractivity contribution in [3.8, 4) is 0 Å². The van der Waals surface area contributed by atoms with E-state index in [1.165, 1.54) is 0 Å². The van der Waals surface area contributed by atoms with E-state index in [2.05, 4.69) is 26.2 Å². The number of aromatic nitrogens is 1. The van der Waals surface area contributed by atoms with Gasteiger partial charge in [0.05, 0.1) is 0 Å². The Hall–Kier alpha value is -1.82. The molecule has 1 aromatic heterocycles. The highest BCUT2D eigenvalue weighted by Gasteiger charge is 2.40. The molecule has 116 valence electrons. The molecule has 0 saturated heterocycles. The Bertz CT molecular complexity index is 740. The van der Waals surface area contributed by atoms with Crippen molar-refractivity contribution in [2.75, 3.05) is 0 Å². The second-order valence-corrected chi connectivity index (χ2v) is 6.84. The van der Waals surface area contributed by atoms with Crippen LogP contribution in [-0.4, -0.2) is 28.0 Å². The zero-order valence-electron chi connectivity index (χ0n) is 12.1. The van der Waals surface area contributed by atoms with E-state index in [0.29, 0.717) is 5.92 Å². The van der Waals surface area contributed by atoms with Crippen LogP contribution in [0.2, 0.25) is 0 Å². The first-order chi connectivity index (χ1) is 10.5. The number of aromatic amines is 1. The van der Waals surface area contributed by atoms with Crippen LogP contribution in [0.1, 0.15) is 18.9 Å². The van der Waals surface area contributed by atoms with Gasteiger partial charge in [-0.15, -0.1) is 0 Å². The lowest BCUT2D eigenvalue weighted by Crippen LogP contribution is -2.43. The molecule has 5 nitrogen and oxygen atoms in total. The minimum absolute atomic E-state index is 0.0287. The third-order valence-electron chi connectivity index (χ3n) is 4.21. The number of nitrogens with one attached hydrogen (secondary N) is 2. The number of carbonyl (C=O) groups is 2. The van der Waals surface area contributed by atoms with Gasteiger partial charge in [-0.3, -0.25) is 4.79 Å². The van der Waals surface area contributed by atoms with Crippen molar-refractivity contribution in [1.29, 1.82) is 0 Å². The number of carbonyl (C=O) groups excluding carboxylic acids is 1. The molecule has 3 rings (SSSR count). The van der Waals surface area contributed by atoms with E-state index in [4.69, 9.17) is 0 Å². The molecule has 22 heavy (non-hydrogen) atoms. The van der Waals surface area contributed by atoms with Gasteiger partial charge in [-0.2, -0.15) is 0 Å². The molecule has 1 aromatic carbocycles. The predicted octanol–water partition coefficient (Wildman–Crippen LogP) is 2.70. The van der Waals surface area contributed by atoms with Gasteiger partial charge in [-0.05, 0) is 36.1 Å². The largest absolute Gasteiger partial charge is 0.480 e. The Labute approximate surface area is 136 Å². The highest BCUT2D eigenvalue weighted by atomic mass is 79.9. The summed E-state index contributed by atoms with van der Waals surface area (Å²) in [4.78, 5) is 26.6. The number of hydrogen-bond donors (Lipinski definition) is 3. The molecule has 1 amide bonds. The van der Waals surface area contributed by atoms with Crippen LogP contribution >= 0.6 is 15.9 Å². The number of carboxylic acids is 1. The molecule has 0 unspecified atom stereocenters.